The number of carbonyl (C=O) groups excluding carboxylic acids is 3. The van der Waals surface area contributed by atoms with Gasteiger partial charge in [0.15, 0.2) is 0 Å². The number of hydrogen-bond acceptors (Lipinski definition) is 10. The fourth-order valence-electron chi connectivity index (χ4n) is 10.7. The molecular formula is C63H96N3O10P. The van der Waals surface area contributed by atoms with Crippen LogP contribution in [0.25, 0.3) is 0 Å². The Labute approximate surface area is 462 Å². The first-order valence-electron chi connectivity index (χ1n) is 30.3. The van der Waals surface area contributed by atoms with Crippen LogP contribution in [0.4, 0.5) is 0 Å². The Morgan fingerprint density at radius 3 is 0.974 bits per heavy atom. The molecule has 428 valence electrons. The van der Waals surface area contributed by atoms with Crippen LogP contribution in [0.2, 0.25) is 0 Å². The van der Waals surface area contributed by atoms with Gasteiger partial charge < -0.3 is 30.2 Å². The number of hydrogen-bond donors (Lipinski definition) is 3. The lowest BCUT2D eigenvalue weighted by Crippen LogP contribution is -2.33. The van der Waals surface area contributed by atoms with E-state index in [1.165, 1.54) is 0 Å². The molecule has 3 saturated carbocycles. The van der Waals surface area contributed by atoms with E-state index in [4.69, 9.17) is 27.8 Å². The molecule has 0 aromatic heterocycles. The summed E-state index contributed by atoms with van der Waals surface area (Å²) in [6.45, 7) is 5.69. The summed E-state index contributed by atoms with van der Waals surface area (Å²) < 4.78 is 54.4. The van der Waals surface area contributed by atoms with Crippen LogP contribution in [-0.2, 0) is 32.5 Å². The first-order chi connectivity index (χ1) is 37.6. The van der Waals surface area contributed by atoms with E-state index in [1.807, 2.05) is 72.8 Å². The second-order valence-electron chi connectivity index (χ2n) is 22.0. The summed E-state index contributed by atoms with van der Waals surface area (Å²) in [5.41, 5.74) is 2.16. The molecule has 0 bridgehead atoms. The number of amides is 3. The molecule has 0 saturated heterocycles. The van der Waals surface area contributed by atoms with Gasteiger partial charge in [0.1, 0.15) is 17.2 Å². The molecular weight excluding hydrogens is 990 g/mol. The van der Waals surface area contributed by atoms with Gasteiger partial charge in [-0.15, -0.1) is 0 Å². The normalized spacial score (nSPS) is 17.1. The first kappa shape index (κ1) is 61.8. The van der Waals surface area contributed by atoms with Crippen molar-refractivity contribution in [3.63, 3.8) is 0 Å². The van der Waals surface area contributed by atoms with Gasteiger partial charge in [0, 0.05) is 19.3 Å². The Morgan fingerprint density at radius 2 is 0.701 bits per heavy atom. The summed E-state index contributed by atoms with van der Waals surface area (Å²) in [5, 5.41) is 9.58. The molecule has 77 heavy (non-hydrogen) atoms. The molecule has 3 atom stereocenters. The molecule has 3 aliphatic carbocycles. The molecule has 0 aliphatic heterocycles. The molecule has 3 unspecified atom stereocenters. The lowest BCUT2D eigenvalue weighted by Gasteiger charge is -2.27. The molecule has 6 rings (SSSR count). The third-order valence-electron chi connectivity index (χ3n) is 15.3. The van der Waals surface area contributed by atoms with Gasteiger partial charge in [-0.3, -0.25) is 28.0 Å². The average Bonchev–Trinajstić information content (AvgIpc) is 4.27. The topological polar surface area (TPSA) is 160 Å². The maximum atomic E-state index is 15.7. The Hall–Kier alpha value is -4.42. The van der Waals surface area contributed by atoms with Crippen molar-refractivity contribution in [1.29, 1.82) is 0 Å². The lowest BCUT2D eigenvalue weighted by molar-refractivity contribution is -0.123. The molecule has 0 heterocycles. The molecule has 3 aromatic carbocycles. The van der Waals surface area contributed by atoms with Crippen molar-refractivity contribution < 1.29 is 46.7 Å². The molecule has 0 spiro atoms. The number of phosphoric acid groups is 1. The van der Waals surface area contributed by atoms with E-state index in [0.717, 1.165) is 190 Å². The van der Waals surface area contributed by atoms with Gasteiger partial charge in [0.2, 0.25) is 17.7 Å². The van der Waals surface area contributed by atoms with E-state index in [1.54, 1.807) is 0 Å². The van der Waals surface area contributed by atoms with Crippen LogP contribution in [0.1, 0.15) is 248 Å². The van der Waals surface area contributed by atoms with Crippen LogP contribution < -0.4 is 30.2 Å². The highest BCUT2D eigenvalue weighted by Crippen LogP contribution is 2.52. The molecule has 3 aromatic rings. The van der Waals surface area contributed by atoms with Crippen molar-refractivity contribution in [2.24, 2.45) is 0 Å². The third kappa shape index (κ3) is 23.4. The van der Waals surface area contributed by atoms with Gasteiger partial charge in [-0.1, -0.05) is 134 Å². The van der Waals surface area contributed by atoms with Crippen LogP contribution in [0.3, 0.4) is 0 Å². The number of carbonyl (C=O) groups is 3. The number of unbranched alkanes of at least 4 members (excludes halogenated alkanes) is 12. The highest BCUT2D eigenvalue weighted by atomic mass is 31.2. The Bertz CT molecular complexity index is 1970. The van der Waals surface area contributed by atoms with Gasteiger partial charge in [0.25, 0.3) is 0 Å². The van der Waals surface area contributed by atoms with E-state index in [-0.39, 0.29) is 55.9 Å². The predicted octanol–water partition coefficient (Wildman–Crippen LogP) is 15.8. The molecule has 3 fully saturated rings. The molecule has 14 heteroatoms. The van der Waals surface area contributed by atoms with Crippen LogP contribution in [0, 0.1) is 0 Å². The summed E-state index contributed by atoms with van der Waals surface area (Å²) in [6, 6.07) is 20.7. The summed E-state index contributed by atoms with van der Waals surface area (Å²) in [7, 11) is -4.63. The van der Waals surface area contributed by atoms with Crippen LogP contribution in [-0.4, -0.2) is 55.9 Å². The molecule has 3 N–H and O–H groups in total. The molecule has 3 aliphatic rings. The van der Waals surface area contributed by atoms with Crippen molar-refractivity contribution in [3.8, 4) is 17.2 Å². The quantitative estimate of drug-likeness (QED) is 0.0371. The second kappa shape index (κ2) is 35.2. The predicted molar refractivity (Wildman–Crippen MR) is 306 cm³/mol. The Morgan fingerprint density at radius 1 is 0.429 bits per heavy atom. The third-order valence-corrected chi connectivity index (χ3v) is 16.7. The SMILES string of the molecule is CCCCCCCC(=O)NC(COP(=O)(OCC(NC(=O)CCCCCCC)c1cccc(OC2CCCC2)c1)OCC(NC(=O)CCCCCCC)c1cccc(OC2CCCC2)c1)c1cccc(OC2CCCC2)c1. The van der Waals surface area contributed by atoms with Crippen LogP contribution in [0.5, 0.6) is 17.2 Å². The van der Waals surface area contributed by atoms with Gasteiger partial charge in [-0.25, -0.2) is 4.57 Å². The highest BCUT2D eigenvalue weighted by molar-refractivity contribution is 7.48. The first-order valence-corrected chi connectivity index (χ1v) is 31.8. The number of benzene rings is 3. The van der Waals surface area contributed by atoms with Crippen molar-refractivity contribution in [2.75, 3.05) is 19.8 Å². The zero-order chi connectivity index (χ0) is 54.3. The van der Waals surface area contributed by atoms with Crippen LogP contribution in [0.15, 0.2) is 72.8 Å². The smallest absolute Gasteiger partial charge is 0.475 e. The summed E-state index contributed by atoms with van der Waals surface area (Å²) >= 11 is 0. The summed E-state index contributed by atoms with van der Waals surface area (Å²) in [4.78, 5) is 41.4. The lowest BCUT2D eigenvalue weighted by atomic mass is 10.1. The fraction of sp³-hybridized carbons (Fsp3) is 0.667. The minimum atomic E-state index is -4.63. The average molecular weight is 1090 g/mol. The van der Waals surface area contributed by atoms with Crippen molar-refractivity contribution in [2.45, 2.75) is 250 Å². The number of nitrogens with one attached hydrogen (secondary N) is 3. The number of phosphoric ester groups is 1. The second-order valence-corrected chi connectivity index (χ2v) is 23.6. The van der Waals surface area contributed by atoms with Gasteiger partial charge in [0.05, 0.1) is 56.3 Å². The zero-order valence-corrected chi connectivity index (χ0v) is 48.2. The summed E-state index contributed by atoms with van der Waals surface area (Å²) in [6.07, 6.45) is 28.9. The summed E-state index contributed by atoms with van der Waals surface area (Å²) in [5.74, 6) is 1.62. The largest absolute Gasteiger partial charge is 0.490 e. The molecule has 0 radical (unpaired) electrons. The molecule has 3 amide bonds. The Kier molecular flexibility index (Phi) is 28.3. The van der Waals surface area contributed by atoms with E-state index >= 15 is 4.57 Å². The standard InChI is InChI=1S/C63H96N3O10P/c1-4-7-10-13-16-40-61(67)64-58(49-28-25-37-55(43-49)74-52-31-19-20-32-52)46-71-77(70,72-47-59(65-62(68)41-17-14-11-8-5-2)50-29-26-38-56(44-50)75-53-33-21-22-34-53)73-48-60(66-63(69)42-18-15-12-9-6-3)51-30-27-39-57(45-51)76-54-35-23-24-36-54/h25-30,37-39,43-45,52-54,58-60H,4-24,31-36,40-42,46-48H2,1-3H3,(H,64,67)(H,65,68)(H,66,69). The van der Waals surface area contributed by atoms with Crippen LogP contribution >= 0.6 is 7.82 Å². The maximum absolute atomic E-state index is 15.7. The Balaban J connectivity index is 1.30. The van der Waals surface area contributed by atoms with Crippen molar-refractivity contribution in [3.05, 3.63) is 89.5 Å². The molecule has 13 nitrogen and oxygen atoms in total. The highest BCUT2D eigenvalue weighted by Gasteiger charge is 2.34. The van der Waals surface area contributed by atoms with Gasteiger partial charge >= 0.3 is 7.82 Å². The minimum Gasteiger partial charge on any atom is -0.490 e. The van der Waals surface area contributed by atoms with E-state index in [2.05, 4.69) is 36.7 Å². The number of ether oxygens (including phenoxy) is 3. The zero-order valence-electron chi connectivity index (χ0n) is 47.3. The van der Waals surface area contributed by atoms with E-state index in [9.17, 15) is 14.4 Å². The van der Waals surface area contributed by atoms with Gasteiger partial charge in [-0.05, 0) is 149 Å². The number of rotatable bonds is 39. The van der Waals surface area contributed by atoms with Crippen molar-refractivity contribution >= 4 is 25.5 Å². The van der Waals surface area contributed by atoms with Crippen molar-refractivity contribution in [1.82, 2.24) is 16.0 Å². The fourth-order valence-corrected chi connectivity index (χ4v) is 12.0. The monoisotopic (exact) mass is 1090 g/mol. The van der Waals surface area contributed by atoms with E-state index < -0.39 is 25.9 Å². The van der Waals surface area contributed by atoms with E-state index in [0.29, 0.717) is 36.5 Å². The maximum Gasteiger partial charge on any atom is 0.475 e. The van der Waals surface area contributed by atoms with Gasteiger partial charge in [-0.2, -0.15) is 0 Å². The minimum absolute atomic E-state index is 0.119.